The van der Waals surface area contributed by atoms with Gasteiger partial charge in [-0.15, -0.1) is 0 Å². The van der Waals surface area contributed by atoms with Gasteiger partial charge in [-0.25, -0.2) is 0 Å². The molecule has 70 valence electrons. The SMILES string of the molecule is CN1C2CCC1[C@@H](CO)[C@@H](O)C2. The molecule has 0 radical (unpaired) electrons. The first-order valence-electron chi connectivity index (χ1n) is 4.75. The largest absolute Gasteiger partial charge is 0.396 e. The molecule has 2 fully saturated rings. The van der Waals surface area contributed by atoms with E-state index in [1.807, 2.05) is 0 Å². The Labute approximate surface area is 73.0 Å². The fraction of sp³-hybridized carbons (Fsp3) is 1.00. The second-order valence-corrected chi connectivity index (χ2v) is 4.11. The quantitative estimate of drug-likeness (QED) is 0.575. The van der Waals surface area contributed by atoms with Crippen LogP contribution < -0.4 is 0 Å². The average Bonchev–Trinajstić information content (AvgIpc) is 2.34. The number of aliphatic hydroxyl groups excluding tert-OH is 2. The maximum atomic E-state index is 9.68. The normalized spacial score (nSPS) is 48.2. The van der Waals surface area contributed by atoms with Gasteiger partial charge in [-0.2, -0.15) is 0 Å². The van der Waals surface area contributed by atoms with Crippen molar-refractivity contribution < 1.29 is 10.2 Å². The van der Waals surface area contributed by atoms with Gasteiger partial charge in [0, 0.05) is 24.6 Å². The van der Waals surface area contributed by atoms with Gasteiger partial charge in [0.15, 0.2) is 0 Å². The Morgan fingerprint density at radius 1 is 1.42 bits per heavy atom. The minimum atomic E-state index is -0.274. The molecular formula is C9H17NO2. The molecule has 0 saturated carbocycles. The molecule has 3 nitrogen and oxygen atoms in total. The van der Waals surface area contributed by atoms with Crippen molar-refractivity contribution in [2.24, 2.45) is 5.92 Å². The maximum Gasteiger partial charge on any atom is 0.0620 e. The fourth-order valence-electron chi connectivity index (χ4n) is 2.79. The van der Waals surface area contributed by atoms with E-state index in [9.17, 15) is 5.11 Å². The Kier molecular flexibility index (Phi) is 2.10. The molecule has 4 atom stereocenters. The van der Waals surface area contributed by atoms with Crippen molar-refractivity contribution in [1.82, 2.24) is 4.90 Å². The standard InChI is InChI=1S/C9H17NO2/c1-10-6-2-3-8(10)7(5-11)9(12)4-6/h6-9,11-12H,2-5H2,1H3/t6?,7-,8?,9+/m1/s1. The number of piperidine rings is 1. The van der Waals surface area contributed by atoms with Gasteiger partial charge in [-0.3, -0.25) is 4.90 Å². The average molecular weight is 171 g/mol. The van der Waals surface area contributed by atoms with Crippen LogP contribution >= 0.6 is 0 Å². The molecule has 12 heavy (non-hydrogen) atoms. The molecule has 2 unspecified atom stereocenters. The van der Waals surface area contributed by atoms with E-state index in [-0.39, 0.29) is 18.6 Å². The first kappa shape index (κ1) is 8.48. The monoisotopic (exact) mass is 171 g/mol. The molecule has 2 heterocycles. The highest BCUT2D eigenvalue weighted by molar-refractivity contribution is 4.98. The van der Waals surface area contributed by atoms with Gasteiger partial charge in [0.05, 0.1) is 6.10 Å². The fourth-order valence-corrected chi connectivity index (χ4v) is 2.79. The Bertz CT molecular complexity index is 174. The smallest absolute Gasteiger partial charge is 0.0620 e. The zero-order valence-corrected chi connectivity index (χ0v) is 7.48. The van der Waals surface area contributed by atoms with Crippen LogP contribution in [-0.4, -0.2) is 47.0 Å². The summed E-state index contributed by atoms with van der Waals surface area (Å²) in [5.74, 6) is 0.0914. The number of aliphatic hydroxyl groups is 2. The molecule has 2 aliphatic rings. The first-order valence-corrected chi connectivity index (χ1v) is 4.75. The number of rotatable bonds is 1. The third kappa shape index (κ3) is 1.08. The summed E-state index contributed by atoms with van der Waals surface area (Å²) in [6.45, 7) is 0.128. The summed E-state index contributed by atoms with van der Waals surface area (Å²) >= 11 is 0. The van der Waals surface area contributed by atoms with Crippen molar-refractivity contribution in [2.45, 2.75) is 37.5 Å². The summed E-state index contributed by atoms with van der Waals surface area (Å²) in [4.78, 5) is 2.33. The topological polar surface area (TPSA) is 43.7 Å². The van der Waals surface area contributed by atoms with Crippen LogP contribution in [0.2, 0.25) is 0 Å². The summed E-state index contributed by atoms with van der Waals surface area (Å²) in [5, 5.41) is 18.8. The molecule has 2 saturated heterocycles. The molecule has 2 aliphatic heterocycles. The predicted molar refractivity (Wildman–Crippen MR) is 45.8 cm³/mol. The summed E-state index contributed by atoms with van der Waals surface area (Å²) in [6.07, 6.45) is 2.90. The van der Waals surface area contributed by atoms with Crippen LogP contribution in [0, 0.1) is 5.92 Å². The lowest BCUT2D eigenvalue weighted by molar-refractivity contribution is -0.0300. The zero-order chi connectivity index (χ0) is 8.72. The summed E-state index contributed by atoms with van der Waals surface area (Å²) in [6, 6.07) is 0.983. The Hall–Kier alpha value is -0.120. The lowest BCUT2D eigenvalue weighted by atomic mass is 9.88. The molecule has 0 aromatic rings. The van der Waals surface area contributed by atoms with Gasteiger partial charge in [0.25, 0.3) is 0 Å². The van der Waals surface area contributed by atoms with Crippen LogP contribution in [0.4, 0.5) is 0 Å². The molecular weight excluding hydrogens is 154 g/mol. The molecule has 0 amide bonds. The van der Waals surface area contributed by atoms with Crippen LogP contribution in [0.1, 0.15) is 19.3 Å². The van der Waals surface area contributed by atoms with Crippen LogP contribution in [0.5, 0.6) is 0 Å². The van der Waals surface area contributed by atoms with E-state index in [1.54, 1.807) is 0 Å². The summed E-state index contributed by atoms with van der Waals surface area (Å²) < 4.78 is 0. The van der Waals surface area contributed by atoms with Gasteiger partial charge in [-0.05, 0) is 26.3 Å². The number of fused-ring (bicyclic) bond motifs is 2. The van der Waals surface area contributed by atoms with Gasteiger partial charge >= 0.3 is 0 Å². The molecule has 2 bridgehead atoms. The Balaban J connectivity index is 2.14. The number of nitrogens with zero attached hydrogens (tertiary/aromatic N) is 1. The van der Waals surface area contributed by atoms with E-state index in [2.05, 4.69) is 11.9 Å². The van der Waals surface area contributed by atoms with Crippen LogP contribution in [0.25, 0.3) is 0 Å². The minimum Gasteiger partial charge on any atom is -0.396 e. The van der Waals surface area contributed by atoms with E-state index >= 15 is 0 Å². The van der Waals surface area contributed by atoms with Gasteiger partial charge in [0.2, 0.25) is 0 Å². The third-order valence-electron chi connectivity index (χ3n) is 3.61. The molecule has 2 N–H and O–H groups in total. The highest BCUT2D eigenvalue weighted by atomic mass is 16.3. The number of hydrogen-bond donors (Lipinski definition) is 2. The van der Waals surface area contributed by atoms with E-state index in [4.69, 9.17) is 5.11 Å². The highest BCUT2D eigenvalue weighted by Crippen LogP contribution is 2.37. The molecule has 0 aromatic carbocycles. The lowest BCUT2D eigenvalue weighted by Crippen LogP contribution is -2.50. The predicted octanol–water partition coefficient (Wildman–Crippen LogP) is -0.178. The van der Waals surface area contributed by atoms with Crippen molar-refractivity contribution in [1.29, 1.82) is 0 Å². The second-order valence-electron chi connectivity index (χ2n) is 4.11. The summed E-state index contributed by atoms with van der Waals surface area (Å²) in [5.41, 5.74) is 0. The van der Waals surface area contributed by atoms with Crippen LogP contribution in [0.3, 0.4) is 0 Å². The molecule has 0 aliphatic carbocycles. The molecule has 2 rings (SSSR count). The minimum absolute atomic E-state index is 0.0914. The van der Waals surface area contributed by atoms with E-state index in [0.29, 0.717) is 12.1 Å². The van der Waals surface area contributed by atoms with Crippen molar-refractivity contribution in [3.05, 3.63) is 0 Å². The molecule has 0 spiro atoms. The van der Waals surface area contributed by atoms with E-state index in [1.165, 1.54) is 6.42 Å². The van der Waals surface area contributed by atoms with Gasteiger partial charge in [0.1, 0.15) is 0 Å². The third-order valence-corrected chi connectivity index (χ3v) is 3.61. The molecule has 3 heteroatoms. The highest BCUT2D eigenvalue weighted by Gasteiger charge is 2.44. The Morgan fingerprint density at radius 2 is 2.17 bits per heavy atom. The van der Waals surface area contributed by atoms with Crippen molar-refractivity contribution in [3.63, 3.8) is 0 Å². The zero-order valence-electron chi connectivity index (χ0n) is 7.48. The van der Waals surface area contributed by atoms with E-state index < -0.39 is 0 Å². The van der Waals surface area contributed by atoms with Gasteiger partial charge in [-0.1, -0.05) is 0 Å². The Morgan fingerprint density at radius 3 is 2.83 bits per heavy atom. The van der Waals surface area contributed by atoms with Crippen LogP contribution in [-0.2, 0) is 0 Å². The van der Waals surface area contributed by atoms with Crippen molar-refractivity contribution in [2.75, 3.05) is 13.7 Å². The number of hydrogen-bond acceptors (Lipinski definition) is 3. The maximum absolute atomic E-state index is 9.68. The molecule has 0 aromatic heterocycles. The van der Waals surface area contributed by atoms with Gasteiger partial charge < -0.3 is 10.2 Å². The van der Waals surface area contributed by atoms with Crippen LogP contribution in [0.15, 0.2) is 0 Å². The summed E-state index contributed by atoms with van der Waals surface area (Å²) in [7, 11) is 2.11. The van der Waals surface area contributed by atoms with Crippen molar-refractivity contribution in [3.8, 4) is 0 Å². The van der Waals surface area contributed by atoms with E-state index in [0.717, 1.165) is 12.8 Å². The second kappa shape index (κ2) is 2.98. The first-order chi connectivity index (χ1) is 5.74. The van der Waals surface area contributed by atoms with Crippen molar-refractivity contribution >= 4 is 0 Å². The lowest BCUT2D eigenvalue weighted by Gasteiger charge is -2.39.